The third kappa shape index (κ3) is 5.95. The van der Waals surface area contributed by atoms with Crippen LogP contribution in [0.1, 0.15) is 18.3 Å². The molecule has 3 aromatic rings. The Morgan fingerprint density at radius 3 is 2.48 bits per heavy atom. The van der Waals surface area contributed by atoms with Gasteiger partial charge in [-0.05, 0) is 38.1 Å². The van der Waals surface area contributed by atoms with Crippen LogP contribution in [-0.2, 0) is 17.6 Å². The highest BCUT2D eigenvalue weighted by Crippen LogP contribution is 2.31. The molecule has 0 radical (unpaired) electrons. The van der Waals surface area contributed by atoms with E-state index in [0.717, 1.165) is 5.82 Å². The SMILES string of the molecule is COc1ccc(NC(=O)C(C)Sc2nnc(CSc3ccc(C)cc3)n2C)cc1OC. The fraction of sp³-hybridized carbons (Fsp3) is 0.318. The van der Waals surface area contributed by atoms with Gasteiger partial charge in [0.05, 0.1) is 25.2 Å². The van der Waals surface area contributed by atoms with Crippen molar-refractivity contribution in [2.75, 3.05) is 19.5 Å². The van der Waals surface area contributed by atoms with Gasteiger partial charge >= 0.3 is 0 Å². The van der Waals surface area contributed by atoms with Crippen molar-refractivity contribution in [3.63, 3.8) is 0 Å². The van der Waals surface area contributed by atoms with Gasteiger partial charge in [0.15, 0.2) is 16.7 Å². The molecule has 0 aliphatic carbocycles. The zero-order valence-electron chi connectivity index (χ0n) is 18.2. The molecule has 1 N–H and O–H groups in total. The van der Waals surface area contributed by atoms with E-state index in [-0.39, 0.29) is 11.2 Å². The molecule has 0 aliphatic heterocycles. The Morgan fingerprint density at radius 1 is 1.10 bits per heavy atom. The third-order valence-corrected chi connectivity index (χ3v) is 6.76. The van der Waals surface area contributed by atoms with E-state index in [2.05, 4.69) is 46.7 Å². The van der Waals surface area contributed by atoms with Gasteiger partial charge in [-0.2, -0.15) is 0 Å². The number of hydrogen-bond donors (Lipinski definition) is 1. The molecule has 2 aromatic carbocycles. The summed E-state index contributed by atoms with van der Waals surface area (Å²) in [7, 11) is 5.06. The highest BCUT2D eigenvalue weighted by atomic mass is 32.2. The molecule has 3 rings (SSSR count). The first kappa shape index (κ1) is 23.0. The maximum Gasteiger partial charge on any atom is 0.237 e. The van der Waals surface area contributed by atoms with Gasteiger partial charge in [0.1, 0.15) is 5.82 Å². The Hall–Kier alpha value is -2.65. The van der Waals surface area contributed by atoms with Crippen LogP contribution in [0, 0.1) is 6.92 Å². The average molecular weight is 459 g/mol. The van der Waals surface area contributed by atoms with Gasteiger partial charge in [-0.15, -0.1) is 22.0 Å². The molecule has 0 bridgehead atoms. The number of nitrogens with zero attached hydrogens (tertiary/aromatic N) is 3. The number of thioether (sulfide) groups is 2. The van der Waals surface area contributed by atoms with Crippen molar-refractivity contribution >= 4 is 35.1 Å². The third-order valence-electron chi connectivity index (χ3n) is 4.62. The monoisotopic (exact) mass is 458 g/mol. The summed E-state index contributed by atoms with van der Waals surface area (Å²) in [4.78, 5) is 13.8. The molecule has 0 aliphatic rings. The van der Waals surface area contributed by atoms with Gasteiger partial charge in [-0.1, -0.05) is 29.5 Å². The molecule has 0 spiro atoms. The van der Waals surface area contributed by atoms with E-state index in [1.54, 1.807) is 44.2 Å². The topological polar surface area (TPSA) is 78.3 Å². The summed E-state index contributed by atoms with van der Waals surface area (Å²) >= 11 is 3.08. The average Bonchev–Trinajstić information content (AvgIpc) is 3.12. The Labute approximate surface area is 190 Å². The number of carbonyl (C=O) groups excluding carboxylic acids is 1. The molecule has 0 saturated heterocycles. The minimum absolute atomic E-state index is 0.129. The number of benzene rings is 2. The van der Waals surface area contributed by atoms with Crippen LogP contribution in [0.2, 0.25) is 0 Å². The van der Waals surface area contributed by atoms with Crippen molar-refractivity contribution in [1.82, 2.24) is 14.8 Å². The smallest absolute Gasteiger partial charge is 0.237 e. The van der Waals surface area contributed by atoms with Gasteiger partial charge in [0, 0.05) is 23.7 Å². The number of anilines is 1. The van der Waals surface area contributed by atoms with Crippen molar-refractivity contribution in [3.05, 3.63) is 53.9 Å². The van der Waals surface area contributed by atoms with E-state index in [1.807, 2.05) is 18.5 Å². The Morgan fingerprint density at radius 2 is 1.81 bits per heavy atom. The highest BCUT2D eigenvalue weighted by molar-refractivity contribution is 8.00. The van der Waals surface area contributed by atoms with Gasteiger partial charge in [0.25, 0.3) is 0 Å². The Bertz CT molecular complexity index is 1040. The number of methoxy groups -OCH3 is 2. The standard InChI is InChI=1S/C22H26N4O3S2/c1-14-6-9-17(10-7-14)30-13-20-24-25-22(26(20)3)31-15(2)21(27)23-16-8-11-18(28-4)19(12-16)29-5/h6-12,15H,13H2,1-5H3,(H,23,27). The summed E-state index contributed by atoms with van der Waals surface area (Å²) < 4.78 is 12.5. The second kappa shape index (κ2) is 10.6. The van der Waals surface area contributed by atoms with Gasteiger partial charge in [-0.3, -0.25) is 4.79 Å². The van der Waals surface area contributed by atoms with E-state index < -0.39 is 0 Å². The largest absolute Gasteiger partial charge is 0.493 e. The van der Waals surface area contributed by atoms with Crippen LogP contribution in [0.4, 0.5) is 5.69 Å². The number of nitrogens with one attached hydrogen (secondary N) is 1. The second-order valence-corrected chi connectivity index (χ2v) is 9.24. The van der Waals surface area contributed by atoms with E-state index in [1.165, 1.54) is 22.2 Å². The van der Waals surface area contributed by atoms with Gasteiger partial charge in [0.2, 0.25) is 5.91 Å². The Kier molecular flexibility index (Phi) is 7.86. The van der Waals surface area contributed by atoms with Crippen molar-refractivity contribution < 1.29 is 14.3 Å². The number of aryl methyl sites for hydroxylation is 1. The molecule has 164 valence electrons. The zero-order valence-corrected chi connectivity index (χ0v) is 19.8. The molecular formula is C22H26N4O3S2. The first-order valence-corrected chi connectivity index (χ1v) is 11.5. The molecule has 9 heteroatoms. The Balaban J connectivity index is 1.59. The van der Waals surface area contributed by atoms with Crippen LogP contribution in [0.5, 0.6) is 11.5 Å². The quantitative estimate of drug-likeness (QED) is 0.471. The normalized spacial score (nSPS) is 11.8. The minimum atomic E-state index is -0.353. The first-order valence-electron chi connectivity index (χ1n) is 9.68. The molecule has 1 amide bonds. The summed E-state index contributed by atoms with van der Waals surface area (Å²) in [5.74, 6) is 2.61. The molecule has 0 saturated carbocycles. The van der Waals surface area contributed by atoms with Crippen LogP contribution in [0.3, 0.4) is 0 Å². The second-order valence-electron chi connectivity index (χ2n) is 6.88. The van der Waals surface area contributed by atoms with E-state index in [0.29, 0.717) is 28.1 Å². The molecule has 0 fully saturated rings. The van der Waals surface area contributed by atoms with Crippen molar-refractivity contribution in [3.8, 4) is 11.5 Å². The lowest BCUT2D eigenvalue weighted by Crippen LogP contribution is -2.22. The van der Waals surface area contributed by atoms with Crippen molar-refractivity contribution in [2.24, 2.45) is 7.05 Å². The fourth-order valence-electron chi connectivity index (χ4n) is 2.73. The lowest BCUT2D eigenvalue weighted by Gasteiger charge is -2.13. The van der Waals surface area contributed by atoms with Crippen molar-refractivity contribution in [1.29, 1.82) is 0 Å². The molecule has 1 atom stereocenters. The van der Waals surface area contributed by atoms with Crippen LogP contribution >= 0.6 is 23.5 Å². The minimum Gasteiger partial charge on any atom is -0.493 e. The molecule has 1 heterocycles. The van der Waals surface area contributed by atoms with Crippen LogP contribution in [-0.4, -0.2) is 40.1 Å². The molecular weight excluding hydrogens is 432 g/mol. The fourth-order valence-corrected chi connectivity index (χ4v) is 4.43. The number of rotatable bonds is 9. The summed E-state index contributed by atoms with van der Waals surface area (Å²) in [6, 6.07) is 13.7. The summed E-state index contributed by atoms with van der Waals surface area (Å²) in [5, 5.41) is 11.8. The number of ether oxygens (including phenoxy) is 2. The van der Waals surface area contributed by atoms with Gasteiger partial charge < -0.3 is 19.4 Å². The van der Waals surface area contributed by atoms with Crippen LogP contribution < -0.4 is 14.8 Å². The summed E-state index contributed by atoms with van der Waals surface area (Å²) in [6.45, 7) is 3.92. The van der Waals surface area contributed by atoms with E-state index in [9.17, 15) is 4.79 Å². The number of aromatic nitrogens is 3. The molecule has 31 heavy (non-hydrogen) atoms. The maximum absolute atomic E-state index is 12.7. The predicted octanol–water partition coefficient (Wildman–Crippen LogP) is 4.55. The first-order chi connectivity index (χ1) is 14.9. The number of hydrogen-bond acceptors (Lipinski definition) is 7. The van der Waals surface area contributed by atoms with Crippen LogP contribution in [0.15, 0.2) is 52.5 Å². The number of carbonyl (C=O) groups is 1. The van der Waals surface area contributed by atoms with Crippen LogP contribution in [0.25, 0.3) is 0 Å². The molecule has 1 aromatic heterocycles. The maximum atomic E-state index is 12.7. The zero-order chi connectivity index (χ0) is 22.4. The van der Waals surface area contributed by atoms with Gasteiger partial charge in [-0.25, -0.2) is 0 Å². The predicted molar refractivity (Wildman–Crippen MR) is 125 cm³/mol. The molecule has 7 nitrogen and oxygen atoms in total. The van der Waals surface area contributed by atoms with E-state index in [4.69, 9.17) is 9.47 Å². The lowest BCUT2D eigenvalue weighted by molar-refractivity contribution is -0.115. The highest BCUT2D eigenvalue weighted by Gasteiger charge is 2.19. The van der Waals surface area contributed by atoms with Crippen molar-refractivity contribution in [2.45, 2.75) is 34.9 Å². The number of amides is 1. The van der Waals surface area contributed by atoms with E-state index >= 15 is 0 Å². The lowest BCUT2D eigenvalue weighted by atomic mass is 10.2. The summed E-state index contributed by atoms with van der Waals surface area (Å²) in [5.41, 5.74) is 1.88. The summed E-state index contributed by atoms with van der Waals surface area (Å²) in [6.07, 6.45) is 0. The molecule has 1 unspecified atom stereocenters.